The van der Waals surface area contributed by atoms with E-state index in [1.807, 2.05) is 24.3 Å². The summed E-state index contributed by atoms with van der Waals surface area (Å²) < 4.78 is 5.63. The molecule has 0 radical (unpaired) electrons. The molecule has 3 N–H and O–H groups in total. The minimum atomic E-state index is -0.808. The molecule has 2 aliphatic rings. The topological polar surface area (TPSA) is 105 Å². The summed E-state index contributed by atoms with van der Waals surface area (Å²) in [6.45, 7) is 2.65. The Bertz CT molecular complexity index is 1010. The van der Waals surface area contributed by atoms with Gasteiger partial charge in [-0.1, -0.05) is 68.3 Å². The first-order valence-electron chi connectivity index (χ1n) is 12.1. The second-order valence-electron chi connectivity index (χ2n) is 9.26. The third kappa shape index (κ3) is 5.58. The summed E-state index contributed by atoms with van der Waals surface area (Å²) in [4.78, 5) is 36.0. The summed E-state index contributed by atoms with van der Waals surface area (Å²) >= 11 is 0. The first-order valence-corrected chi connectivity index (χ1v) is 12.1. The largest absolute Gasteiger partial charge is 0.481 e. The second-order valence-corrected chi connectivity index (χ2v) is 9.26. The average molecular weight is 465 g/mol. The standard InChI is InChI=1S/C27H32N2O5/c1-2-3-8-18(14-25(30)28-15-17-13-23(17)26(31)32)29-27(33)34-16-24-21-11-6-4-9-19(21)20-10-5-7-12-22(20)24/h4-7,9-12,17-18,23-24H,2-3,8,13-16H2,1H3,(H,28,30)(H,29,33)(H,31,32). The highest BCUT2D eigenvalue weighted by Crippen LogP contribution is 2.44. The van der Waals surface area contributed by atoms with Crippen LogP contribution in [0.1, 0.15) is 56.1 Å². The van der Waals surface area contributed by atoms with Gasteiger partial charge < -0.3 is 20.5 Å². The molecule has 0 spiro atoms. The number of nitrogens with one attached hydrogen (secondary N) is 2. The molecule has 0 heterocycles. The van der Waals surface area contributed by atoms with Crippen LogP contribution in [0.15, 0.2) is 48.5 Å². The lowest BCUT2D eigenvalue weighted by Gasteiger charge is -2.20. The molecule has 0 saturated heterocycles. The fraction of sp³-hybridized carbons (Fsp3) is 0.444. The van der Waals surface area contributed by atoms with Gasteiger partial charge in [0, 0.05) is 24.9 Å². The van der Waals surface area contributed by atoms with E-state index in [9.17, 15) is 14.4 Å². The Labute approximate surface area is 199 Å². The van der Waals surface area contributed by atoms with Gasteiger partial charge in [-0.3, -0.25) is 9.59 Å². The summed E-state index contributed by atoms with van der Waals surface area (Å²) in [5.41, 5.74) is 4.65. The van der Waals surface area contributed by atoms with Crippen LogP contribution in [0.4, 0.5) is 4.79 Å². The van der Waals surface area contributed by atoms with Crippen LogP contribution in [0.5, 0.6) is 0 Å². The normalized spacial score (nSPS) is 19.0. The lowest BCUT2D eigenvalue weighted by molar-refractivity contribution is -0.139. The molecule has 0 bridgehead atoms. The highest BCUT2D eigenvalue weighted by Gasteiger charge is 2.43. The van der Waals surface area contributed by atoms with Crippen LogP contribution < -0.4 is 10.6 Å². The minimum absolute atomic E-state index is 0.00522. The fourth-order valence-electron chi connectivity index (χ4n) is 4.80. The molecular weight excluding hydrogens is 432 g/mol. The van der Waals surface area contributed by atoms with Crippen LogP contribution in [0.25, 0.3) is 11.1 Å². The van der Waals surface area contributed by atoms with Gasteiger partial charge in [0.05, 0.1) is 5.92 Å². The average Bonchev–Trinajstić information content (AvgIpc) is 3.55. The van der Waals surface area contributed by atoms with Gasteiger partial charge in [0.15, 0.2) is 0 Å². The molecule has 2 aromatic rings. The van der Waals surface area contributed by atoms with Gasteiger partial charge in [-0.15, -0.1) is 0 Å². The predicted molar refractivity (Wildman–Crippen MR) is 128 cm³/mol. The van der Waals surface area contributed by atoms with Gasteiger partial charge in [0.1, 0.15) is 6.61 Å². The number of carbonyl (C=O) groups excluding carboxylic acids is 2. The van der Waals surface area contributed by atoms with Crippen molar-refractivity contribution in [3.8, 4) is 11.1 Å². The van der Waals surface area contributed by atoms with E-state index in [0.29, 0.717) is 19.4 Å². The number of amides is 2. The maximum atomic E-state index is 12.6. The summed E-state index contributed by atoms with van der Waals surface area (Å²) in [5.74, 6) is -1.36. The van der Waals surface area contributed by atoms with Crippen molar-refractivity contribution in [2.75, 3.05) is 13.2 Å². The maximum absolute atomic E-state index is 12.6. The number of carboxylic acid groups (broad SMARTS) is 1. The van der Waals surface area contributed by atoms with Crippen molar-refractivity contribution in [3.05, 3.63) is 59.7 Å². The van der Waals surface area contributed by atoms with E-state index in [2.05, 4.69) is 41.8 Å². The van der Waals surface area contributed by atoms with E-state index in [1.165, 1.54) is 11.1 Å². The van der Waals surface area contributed by atoms with E-state index in [-0.39, 0.29) is 42.7 Å². The first-order chi connectivity index (χ1) is 16.5. The molecule has 34 heavy (non-hydrogen) atoms. The van der Waals surface area contributed by atoms with E-state index >= 15 is 0 Å². The third-order valence-electron chi connectivity index (χ3n) is 6.80. The second kappa shape index (κ2) is 10.7. The van der Waals surface area contributed by atoms with Gasteiger partial charge >= 0.3 is 12.1 Å². The van der Waals surface area contributed by atoms with E-state index < -0.39 is 12.1 Å². The highest BCUT2D eigenvalue weighted by atomic mass is 16.5. The Hall–Kier alpha value is -3.35. The molecule has 2 amide bonds. The van der Waals surface area contributed by atoms with Crippen molar-refractivity contribution in [3.63, 3.8) is 0 Å². The number of hydrogen-bond acceptors (Lipinski definition) is 4. The summed E-state index contributed by atoms with van der Waals surface area (Å²) in [5, 5.41) is 14.7. The van der Waals surface area contributed by atoms with E-state index in [1.54, 1.807) is 0 Å². The SMILES string of the molecule is CCCCC(CC(=O)NCC1CC1C(=O)O)NC(=O)OCC1c2ccccc2-c2ccccc21. The zero-order valence-electron chi connectivity index (χ0n) is 19.5. The Kier molecular flexibility index (Phi) is 7.50. The molecule has 2 aromatic carbocycles. The minimum Gasteiger partial charge on any atom is -0.481 e. The smallest absolute Gasteiger partial charge is 0.407 e. The Balaban J connectivity index is 1.30. The van der Waals surface area contributed by atoms with Crippen LogP contribution in [-0.4, -0.2) is 42.3 Å². The van der Waals surface area contributed by atoms with Crippen molar-refractivity contribution in [1.82, 2.24) is 10.6 Å². The molecule has 3 atom stereocenters. The number of benzene rings is 2. The van der Waals surface area contributed by atoms with Crippen LogP contribution in [0, 0.1) is 11.8 Å². The van der Waals surface area contributed by atoms with Crippen LogP contribution in [-0.2, 0) is 14.3 Å². The number of rotatable bonds is 11. The lowest BCUT2D eigenvalue weighted by Crippen LogP contribution is -2.40. The van der Waals surface area contributed by atoms with E-state index in [4.69, 9.17) is 9.84 Å². The summed E-state index contributed by atoms with van der Waals surface area (Å²) in [6, 6.07) is 16.0. The van der Waals surface area contributed by atoms with Crippen LogP contribution in [0.2, 0.25) is 0 Å². The Morgan fingerprint density at radius 2 is 1.71 bits per heavy atom. The zero-order valence-corrected chi connectivity index (χ0v) is 19.5. The molecule has 0 aromatic heterocycles. The fourth-order valence-corrected chi connectivity index (χ4v) is 4.80. The van der Waals surface area contributed by atoms with Gasteiger partial charge in [0.25, 0.3) is 0 Å². The maximum Gasteiger partial charge on any atom is 0.407 e. The van der Waals surface area contributed by atoms with Crippen molar-refractivity contribution < 1.29 is 24.2 Å². The van der Waals surface area contributed by atoms with Gasteiger partial charge in [-0.25, -0.2) is 4.79 Å². The van der Waals surface area contributed by atoms with Gasteiger partial charge in [-0.2, -0.15) is 0 Å². The summed E-state index contributed by atoms with van der Waals surface area (Å²) in [7, 11) is 0. The van der Waals surface area contributed by atoms with Gasteiger partial charge in [0.2, 0.25) is 5.91 Å². The van der Waals surface area contributed by atoms with Crippen molar-refractivity contribution in [2.45, 2.75) is 51.0 Å². The van der Waals surface area contributed by atoms with Crippen molar-refractivity contribution >= 4 is 18.0 Å². The first kappa shape index (κ1) is 23.8. The molecule has 1 saturated carbocycles. The predicted octanol–water partition coefficient (Wildman–Crippen LogP) is 4.31. The molecule has 180 valence electrons. The van der Waals surface area contributed by atoms with Gasteiger partial charge in [-0.05, 0) is 41.0 Å². The molecular formula is C27H32N2O5. The quantitative estimate of drug-likeness (QED) is 0.460. The number of carboxylic acids is 1. The number of fused-ring (bicyclic) bond motifs is 3. The molecule has 7 heteroatoms. The Morgan fingerprint density at radius 3 is 2.29 bits per heavy atom. The number of aliphatic carboxylic acids is 1. The Morgan fingerprint density at radius 1 is 1.06 bits per heavy atom. The third-order valence-corrected chi connectivity index (χ3v) is 6.80. The number of ether oxygens (including phenoxy) is 1. The van der Waals surface area contributed by atoms with Crippen LogP contribution >= 0.6 is 0 Å². The van der Waals surface area contributed by atoms with Crippen LogP contribution in [0.3, 0.4) is 0 Å². The lowest BCUT2D eigenvalue weighted by atomic mass is 9.98. The number of unbranched alkanes of at least 4 members (excludes halogenated alkanes) is 1. The highest BCUT2D eigenvalue weighted by molar-refractivity contribution is 5.80. The molecule has 1 fully saturated rings. The molecule has 2 aliphatic carbocycles. The number of carbonyl (C=O) groups is 3. The zero-order chi connectivity index (χ0) is 24.1. The monoisotopic (exact) mass is 464 g/mol. The number of hydrogen-bond donors (Lipinski definition) is 3. The molecule has 3 unspecified atom stereocenters. The van der Waals surface area contributed by atoms with E-state index in [0.717, 1.165) is 24.0 Å². The summed E-state index contributed by atoms with van der Waals surface area (Å²) in [6.07, 6.45) is 2.73. The molecule has 4 rings (SSSR count). The van der Waals surface area contributed by atoms with Crippen molar-refractivity contribution in [2.24, 2.45) is 11.8 Å². The molecule has 7 nitrogen and oxygen atoms in total. The van der Waals surface area contributed by atoms with Crippen molar-refractivity contribution in [1.29, 1.82) is 0 Å². The molecule has 0 aliphatic heterocycles. The number of alkyl carbamates (subject to hydrolysis) is 1.